The van der Waals surface area contributed by atoms with Gasteiger partial charge in [-0.25, -0.2) is 17.2 Å². The molecule has 0 radical (unpaired) electrons. The van der Waals surface area contributed by atoms with Crippen molar-refractivity contribution in [2.24, 2.45) is 10.3 Å². The summed E-state index contributed by atoms with van der Waals surface area (Å²) < 4.78 is 54.8. The Morgan fingerprint density at radius 1 is 1.03 bits per heavy atom. The van der Waals surface area contributed by atoms with Gasteiger partial charge in [-0.3, -0.25) is 9.59 Å². The number of hydrogen-bond acceptors (Lipinski definition) is 6. The molecule has 0 saturated carbocycles. The maximum Gasteiger partial charge on any atom is 0.257 e. The first-order valence-electron chi connectivity index (χ1n) is 10.4. The van der Waals surface area contributed by atoms with Gasteiger partial charge < -0.3 is 9.80 Å². The van der Waals surface area contributed by atoms with Crippen LogP contribution in [0.2, 0.25) is 0 Å². The van der Waals surface area contributed by atoms with Crippen molar-refractivity contribution in [3.8, 4) is 0 Å². The molecule has 3 aliphatic heterocycles. The Morgan fingerprint density at radius 3 is 2.55 bits per heavy atom. The monoisotopic (exact) mass is 491 g/mol. The van der Waals surface area contributed by atoms with Crippen LogP contribution in [0, 0.1) is 17.6 Å². The summed E-state index contributed by atoms with van der Waals surface area (Å²) >= 11 is 1.22. The number of fused-ring (bicyclic) bond motifs is 3. The summed E-state index contributed by atoms with van der Waals surface area (Å²) in [4.78, 5) is 29.9. The number of nitrogens with zero attached hydrogens (tertiary/aromatic N) is 3. The fourth-order valence-electron chi connectivity index (χ4n) is 4.30. The zero-order valence-corrected chi connectivity index (χ0v) is 19.0. The highest BCUT2D eigenvalue weighted by atomic mass is 32.2. The van der Waals surface area contributed by atoms with Gasteiger partial charge in [0.15, 0.2) is 11.0 Å². The highest BCUT2D eigenvalue weighted by Crippen LogP contribution is 2.42. The van der Waals surface area contributed by atoms with Gasteiger partial charge in [0.2, 0.25) is 0 Å². The lowest BCUT2D eigenvalue weighted by atomic mass is 9.88. The zero-order valence-electron chi connectivity index (χ0n) is 17.3. The summed E-state index contributed by atoms with van der Waals surface area (Å²) in [6.45, 7) is 0.975. The minimum absolute atomic E-state index is 0.0512. The van der Waals surface area contributed by atoms with E-state index in [4.69, 9.17) is 0 Å². The second kappa shape index (κ2) is 8.21. The number of thioether (sulfide) groups is 1. The fraction of sp³-hybridized carbons (Fsp3) is 0.318. The van der Waals surface area contributed by atoms with E-state index in [1.54, 1.807) is 23.1 Å². The van der Waals surface area contributed by atoms with E-state index >= 15 is 0 Å². The van der Waals surface area contributed by atoms with Gasteiger partial charge in [-0.1, -0.05) is 0 Å². The van der Waals surface area contributed by atoms with Gasteiger partial charge in [-0.15, -0.1) is 4.40 Å². The van der Waals surface area contributed by atoms with Gasteiger partial charge in [-0.05, 0) is 61.0 Å². The van der Waals surface area contributed by atoms with E-state index in [1.807, 2.05) is 4.90 Å². The van der Waals surface area contributed by atoms with E-state index in [0.717, 1.165) is 28.8 Å². The topological polar surface area (TPSA) is 87.1 Å². The van der Waals surface area contributed by atoms with Gasteiger partial charge in [0, 0.05) is 36.0 Å². The molecule has 0 aromatic heterocycles. The van der Waals surface area contributed by atoms with Crippen LogP contribution in [0.5, 0.6) is 0 Å². The number of benzene rings is 2. The van der Waals surface area contributed by atoms with Crippen LogP contribution in [0.15, 0.2) is 45.7 Å². The lowest BCUT2D eigenvalue weighted by Crippen LogP contribution is -2.40. The van der Waals surface area contributed by atoms with Crippen molar-refractivity contribution in [1.82, 2.24) is 4.90 Å². The number of likely N-dealkylation sites (tertiary alicyclic amines) is 1. The number of carbonyl (C=O) groups excluding carboxylic acids is 2. The van der Waals surface area contributed by atoms with Crippen molar-refractivity contribution < 1.29 is 26.8 Å². The molecule has 0 aliphatic carbocycles. The molecular weight excluding hydrogens is 472 g/mol. The summed E-state index contributed by atoms with van der Waals surface area (Å²) in [5, 5.41) is 0.393. The molecule has 11 heteroatoms. The van der Waals surface area contributed by atoms with Gasteiger partial charge in [-0.2, -0.15) is 0 Å². The van der Waals surface area contributed by atoms with Crippen LogP contribution in [0.25, 0.3) is 0 Å². The van der Waals surface area contributed by atoms with Crippen molar-refractivity contribution in [3.63, 3.8) is 0 Å². The summed E-state index contributed by atoms with van der Waals surface area (Å²) in [6.07, 6.45) is 0.728. The second-order valence-corrected chi connectivity index (χ2v) is 10.9. The van der Waals surface area contributed by atoms with E-state index in [-0.39, 0.29) is 17.2 Å². The van der Waals surface area contributed by atoms with Gasteiger partial charge in [0.25, 0.3) is 15.9 Å². The molecule has 2 aromatic carbocycles. The summed E-state index contributed by atoms with van der Waals surface area (Å²) in [6, 6.07) is 8.06. The maximum absolute atomic E-state index is 14.0. The number of halogens is 2. The smallest absolute Gasteiger partial charge is 0.257 e. The number of ketones is 1. The molecule has 0 bridgehead atoms. The van der Waals surface area contributed by atoms with Gasteiger partial charge >= 0.3 is 0 Å². The first-order valence-corrected chi connectivity index (χ1v) is 12.8. The third-order valence-corrected chi connectivity index (χ3v) is 8.37. The summed E-state index contributed by atoms with van der Waals surface area (Å²) in [5.74, 6) is -2.58. The number of rotatable bonds is 3. The number of carbonyl (C=O) groups is 2. The molecular formula is C22H19F2N3O4S2. The summed E-state index contributed by atoms with van der Waals surface area (Å²) in [5.41, 5.74) is 1.04. The number of Topliss-reactive ketones (excluding diaryl/α,β-unsaturated/α-hetero) is 1. The van der Waals surface area contributed by atoms with Crippen LogP contribution in [0.3, 0.4) is 0 Å². The van der Waals surface area contributed by atoms with Crippen LogP contribution >= 0.6 is 11.8 Å². The first-order chi connectivity index (χ1) is 15.7. The Hall–Kier alpha value is -2.79. The van der Waals surface area contributed by atoms with Gasteiger partial charge in [0.1, 0.15) is 11.6 Å². The van der Waals surface area contributed by atoms with E-state index in [2.05, 4.69) is 4.40 Å². The molecule has 0 N–H and O–H groups in total. The molecule has 0 atom stereocenters. The number of amides is 1. The summed E-state index contributed by atoms with van der Waals surface area (Å²) in [7, 11) is -3.46. The van der Waals surface area contributed by atoms with Crippen LogP contribution in [-0.2, 0) is 10.0 Å². The molecule has 3 heterocycles. The van der Waals surface area contributed by atoms with Crippen LogP contribution in [0.4, 0.5) is 14.5 Å². The van der Waals surface area contributed by atoms with Crippen LogP contribution in [-0.4, -0.2) is 55.6 Å². The molecule has 3 aliphatic rings. The number of sulfonamides is 1. The average Bonchev–Trinajstić information content (AvgIpc) is 3.15. The Balaban J connectivity index is 1.27. The second-order valence-electron chi connectivity index (χ2n) is 8.15. The maximum atomic E-state index is 14.0. The van der Waals surface area contributed by atoms with Crippen LogP contribution < -0.4 is 4.90 Å². The Morgan fingerprint density at radius 2 is 1.79 bits per heavy atom. The Bertz CT molecular complexity index is 1300. The molecule has 1 saturated heterocycles. The normalized spacial score (nSPS) is 19.6. The number of piperidine rings is 1. The fourth-order valence-corrected chi connectivity index (χ4v) is 6.59. The number of anilines is 1. The molecule has 0 spiro atoms. The van der Waals surface area contributed by atoms with Crippen molar-refractivity contribution in [2.75, 3.05) is 30.3 Å². The largest absolute Gasteiger partial charge is 0.339 e. The molecule has 7 nitrogen and oxygen atoms in total. The standard InChI is InChI=1S/C22H19F2N3O4S2/c23-15-2-3-17(24)16(12-15)20(28)13-5-7-26(8-6-13)21(29)14-1-4-18-19(11-14)32-22-25-33(30,31)10-9-27(18)22/h1-4,11-13H,5-10H2. The van der Waals surface area contributed by atoms with Crippen molar-refractivity contribution in [1.29, 1.82) is 0 Å². The third kappa shape index (κ3) is 4.15. The van der Waals surface area contributed by atoms with Crippen molar-refractivity contribution in [2.45, 2.75) is 17.7 Å². The quantitative estimate of drug-likeness (QED) is 0.613. The van der Waals surface area contributed by atoms with Crippen molar-refractivity contribution in [3.05, 3.63) is 59.2 Å². The predicted octanol–water partition coefficient (Wildman–Crippen LogP) is 3.31. The lowest BCUT2D eigenvalue weighted by molar-refractivity contribution is 0.0649. The molecule has 2 aromatic rings. The minimum atomic E-state index is -3.46. The average molecular weight is 492 g/mol. The van der Waals surface area contributed by atoms with E-state index in [1.165, 1.54) is 11.8 Å². The minimum Gasteiger partial charge on any atom is -0.339 e. The number of hydrogen-bond donors (Lipinski definition) is 0. The van der Waals surface area contributed by atoms with E-state index < -0.39 is 33.4 Å². The molecule has 1 fully saturated rings. The first kappa shape index (κ1) is 22.0. The predicted molar refractivity (Wildman–Crippen MR) is 120 cm³/mol. The van der Waals surface area contributed by atoms with Gasteiger partial charge in [0.05, 0.1) is 17.0 Å². The SMILES string of the molecule is O=C(c1cc(F)ccc1F)C1CCN(C(=O)c2ccc3c(c2)SC2=NS(=O)(=O)CCN23)CC1. The lowest BCUT2D eigenvalue weighted by Gasteiger charge is -2.31. The van der Waals surface area contributed by atoms with E-state index in [9.17, 15) is 26.8 Å². The third-order valence-electron chi connectivity index (χ3n) is 6.07. The molecule has 0 unspecified atom stereocenters. The molecule has 1 amide bonds. The van der Waals surface area contributed by atoms with E-state index in [0.29, 0.717) is 43.2 Å². The molecule has 172 valence electrons. The van der Waals surface area contributed by atoms with Crippen molar-refractivity contribution >= 4 is 44.3 Å². The molecule has 5 rings (SSSR count). The Labute approximate surface area is 193 Å². The molecule has 33 heavy (non-hydrogen) atoms. The highest BCUT2D eigenvalue weighted by Gasteiger charge is 2.34. The van der Waals surface area contributed by atoms with Crippen LogP contribution in [0.1, 0.15) is 33.6 Å². The number of amidine groups is 1. The Kier molecular flexibility index (Phi) is 5.48. The highest BCUT2D eigenvalue weighted by molar-refractivity contribution is 8.15. The zero-order chi connectivity index (χ0) is 23.3.